The average Bonchev–Trinajstić information content (AvgIpc) is 3.05. The Morgan fingerprint density at radius 2 is 1.88 bits per heavy atom. The Morgan fingerprint density at radius 3 is 2.62 bits per heavy atom. The van der Waals surface area contributed by atoms with Crippen LogP contribution in [0.1, 0.15) is 55.6 Å². The van der Waals surface area contributed by atoms with Gasteiger partial charge in [-0.3, -0.25) is 0 Å². The monoisotopic (exact) mass is 215 g/mol. The molecule has 2 fully saturated rings. The van der Waals surface area contributed by atoms with Gasteiger partial charge in [0.1, 0.15) is 0 Å². The van der Waals surface area contributed by atoms with Gasteiger partial charge in [-0.05, 0) is 42.7 Å². The fourth-order valence-electron chi connectivity index (χ4n) is 2.77. The van der Waals surface area contributed by atoms with Crippen molar-refractivity contribution in [3.8, 4) is 0 Å². The van der Waals surface area contributed by atoms with Gasteiger partial charge in [0, 0.05) is 12.6 Å². The number of benzene rings is 1. The summed E-state index contributed by atoms with van der Waals surface area (Å²) >= 11 is 0. The van der Waals surface area contributed by atoms with Gasteiger partial charge in [0.15, 0.2) is 0 Å². The minimum atomic E-state index is 0.782. The van der Waals surface area contributed by atoms with E-state index < -0.39 is 0 Å². The molecule has 1 nitrogen and oxygen atoms in total. The Morgan fingerprint density at radius 1 is 1.06 bits per heavy atom. The standard InChI is InChI=1S/C15H21N/c1-2-7-15(6-1)16-11-12-4-3-5-14(10-12)13-8-9-13/h3-5,10,13,15-16H,1-2,6-9,11H2. The van der Waals surface area contributed by atoms with Crippen molar-refractivity contribution in [2.24, 2.45) is 0 Å². The summed E-state index contributed by atoms with van der Waals surface area (Å²) in [5, 5.41) is 3.68. The highest BCUT2D eigenvalue weighted by molar-refractivity contribution is 5.29. The summed E-state index contributed by atoms with van der Waals surface area (Å²) in [6.07, 6.45) is 8.39. The zero-order valence-corrected chi connectivity index (χ0v) is 9.91. The molecule has 1 N–H and O–H groups in total. The van der Waals surface area contributed by atoms with Gasteiger partial charge in [0.2, 0.25) is 0 Å². The largest absolute Gasteiger partial charge is 0.310 e. The molecule has 0 aromatic heterocycles. The van der Waals surface area contributed by atoms with E-state index in [4.69, 9.17) is 0 Å². The van der Waals surface area contributed by atoms with Gasteiger partial charge >= 0.3 is 0 Å². The first-order chi connectivity index (χ1) is 7.92. The summed E-state index contributed by atoms with van der Waals surface area (Å²) in [7, 11) is 0. The Kier molecular flexibility index (Phi) is 2.96. The van der Waals surface area contributed by atoms with E-state index in [1.165, 1.54) is 44.1 Å². The third kappa shape index (κ3) is 2.46. The minimum Gasteiger partial charge on any atom is -0.310 e. The molecule has 1 heteroatoms. The molecule has 0 radical (unpaired) electrons. The van der Waals surface area contributed by atoms with Crippen LogP contribution in [-0.2, 0) is 6.54 Å². The molecule has 2 saturated carbocycles. The van der Waals surface area contributed by atoms with E-state index in [0.29, 0.717) is 0 Å². The Bertz CT molecular complexity index is 348. The van der Waals surface area contributed by atoms with Crippen LogP contribution in [0.5, 0.6) is 0 Å². The molecule has 0 atom stereocenters. The van der Waals surface area contributed by atoms with Crippen LogP contribution < -0.4 is 5.32 Å². The van der Waals surface area contributed by atoms with Crippen molar-refractivity contribution in [3.63, 3.8) is 0 Å². The van der Waals surface area contributed by atoms with Crippen molar-refractivity contribution in [1.82, 2.24) is 5.32 Å². The van der Waals surface area contributed by atoms with Gasteiger partial charge in [-0.1, -0.05) is 37.1 Å². The molecule has 16 heavy (non-hydrogen) atoms. The first-order valence-corrected chi connectivity index (χ1v) is 6.74. The van der Waals surface area contributed by atoms with E-state index in [2.05, 4.69) is 29.6 Å². The molecule has 1 aromatic rings. The predicted octanol–water partition coefficient (Wildman–Crippen LogP) is 3.60. The molecular weight excluding hydrogens is 194 g/mol. The summed E-state index contributed by atoms with van der Waals surface area (Å²) in [4.78, 5) is 0. The topological polar surface area (TPSA) is 12.0 Å². The molecule has 86 valence electrons. The molecule has 2 aliphatic carbocycles. The third-order valence-corrected chi connectivity index (χ3v) is 3.95. The van der Waals surface area contributed by atoms with Crippen molar-refractivity contribution >= 4 is 0 Å². The maximum absolute atomic E-state index is 3.68. The fourth-order valence-corrected chi connectivity index (χ4v) is 2.77. The number of hydrogen-bond donors (Lipinski definition) is 1. The molecule has 0 spiro atoms. The first-order valence-electron chi connectivity index (χ1n) is 6.74. The number of rotatable bonds is 4. The summed E-state index contributed by atoms with van der Waals surface area (Å²) in [5.74, 6) is 0.881. The molecular formula is C15H21N. The van der Waals surface area contributed by atoms with E-state index in [-0.39, 0.29) is 0 Å². The Balaban J connectivity index is 1.58. The quantitative estimate of drug-likeness (QED) is 0.809. The number of nitrogens with one attached hydrogen (secondary N) is 1. The van der Waals surface area contributed by atoms with Crippen LogP contribution in [0.2, 0.25) is 0 Å². The molecule has 0 unspecified atom stereocenters. The van der Waals surface area contributed by atoms with Crippen LogP contribution in [0.3, 0.4) is 0 Å². The summed E-state index contributed by atoms with van der Waals surface area (Å²) < 4.78 is 0. The van der Waals surface area contributed by atoms with Crippen LogP contribution in [-0.4, -0.2) is 6.04 Å². The van der Waals surface area contributed by atoms with Crippen molar-refractivity contribution in [3.05, 3.63) is 35.4 Å². The zero-order chi connectivity index (χ0) is 10.8. The lowest BCUT2D eigenvalue weighted by Gasteiger charge is -2.12. The van der Waals surface area contributed by atoms with E-state index in [9.17, 15) is 0 Å². The van der Waals surface area contributed by atoms with Gasteiger partial charge in [-0.2, -0.15) is 0 Å². The fraction of sp³-hybridized carbons (Fsp3) is 0.600. The van der Waals surface area contributed by atoms with Gasteiger partial charge in [0.05, 0.1) is 0 Å². The second-order valence-corrected chi connectivity index (χ2v) is 5.38. The van der Waals surface area contributed by atoms with Crippen LogP contribution >= 0.6 is 0 Å². The van der Waals surface area contributed by atoms with Crippen LogP contribution in [0.25, 0.3) is 0 Å². The van der Waals surface area contributed by atoms with E-state index in [1.54, 1.807) is 5.56 Å². The van der Waals surface area contributed by atoms with Crippen molar-refractivity contribution in [1.29, 1.82) is 0 Å². The van der Waals surface area contributed by atoms with Crippen molar-refractivity contribution in [2.45, 2.75) is 57.0 Å². The maximum atomic E-state index is 3.68. The molecule has 2 aliphatic rings. The lowest BCUT2D eigenvalue weighted by molar-refractivity contribution is 0.524. The molecule has 0 saturated heterocycles. The van der Waals surface area contributed by atoms with Gasteiger partial charge in [-0.15, -0.1) is 0 Å². The molecule has 3 rings (SSSR count). The highest BCUT2D eigenvalue weighted by Gasteiger charge is 2.23. The second-order valence-electron chi connectivity index (χ2n) is 5.38. The molecule has 0 aliphatic heterocycles. The van der Waals surface area contributed by atoms with Gasteiger partial charge in [0.25, 0.3) is 0 Å². The lowest BCUT2D eigenvalue weighted by Crippen LogP contribution is -2.25. The molecule has 1 aromatic carbocycles. The highest BCUT2D eigenvalue weighted by Crippen LogP contribution is 2.40. The van der Waals surface area contributed by atoms with Crippen molar-refractivity contribution < 1.29 is 0 Å². The van der Waals surface area contributed by atoms with E-state index in [1.807, 2.05) is 0 Å². The lowest BCUT2D eigenvalue weighted by atomic mass is 10.1. The minimum absolute atomic E-state index is 0.782. The van der Waals surface area contributed by atoms with E-state index in [0.717, 1.165) is 18.5 Å². The van der Waals surface area contributed by atoms with Crippen LogP contribution in [0, 0.1) is 0 Å². The first kappa shape index (κ1) is 10.3. The third-order valence-electron chi connectivity index (χ3n) is 3.95. The SMILES string of the molecule is c1cc(CNC2CCCC2)cc(C2CC2)c1. The normalized spacial score (nSPS) is 21.5. The molecule has 0 amide bonds. The summed E-state index contributed by atoms with van der Waals surface area (Å²) in [6, 6.07) is 9.95. The van der Waals surface area contributed by atoms with Gasteiger partial charge in [-0.25, -0.2) is 0 Å². The predicted molar refractivity (Wildman–Crippen MR) is 67.5 cm³/mol. The average molecular weight is 215 g/mol. The number of hydrogen-bond acceptors (Lipinski definition) is 1. The molecule has 0 bridgehead atoms. The van der Waals surface area contributed by atoms with Crippen LogP contribution in [0.15, 0.2) is 24.3 Å². The maximum Gasteiger partial charge on any atom is 0.0208 e. The molecule has 0 heterocycles. The summed E-state index contributed by atoms with van der Waals surface area (Å²) in [6.45, 7) is 1.06. The van der Waals surface area contributed by atoms with E-state index >= 15 is 0 Å². The van der Waals surface area contributed by atoms with Crippen LogP contribution in [0.4, 0.5) is 0 Å². The second kappa shape index (κ2) is 4.58. The highest BCUT2D eigenvalue weighted by atomic mass is 14.9. The zero-order valence-electron chi connectivity index (χ0n) is 9.91. The Hall–Kier alpha value is -0.820. The summed E-state index contributed by atoms with van der Waals surface area (Å²) in [5.41, 5.74) is 3.03. The smallest absolute Gasteiger partial charge is 0.0208 e. The van der Waals surface area contributed by atoms with Crippen molar-refractivity contribution in [2.75, 3.05) is 0 Å². The van der Waals surface area contributed by atoms with Gasteiger partial charge < -0.3 is 5.32 Å². The Labute approximate surface area is 98.3 Å².